The molecule has 2 rings (SSSR count). The van der Waals surface area contributed by atoms with Gasteiger partial charge in [-0.2, -0.15) is 0 Å². The summed E-state index contributed by atoms with van der Waals surface area (Å²) in [5.74, 6) is -0.277. The van der Waals surface area contributed by atoms with Crippen molar-refractivity contribution in [3.05, 3.63) is 29.8 Å². The lowest BCUT2D eigenvalue weighted by Crippen LogP contribution is -2.41. The second-order valence-electron chi connectivity index (χ2n) is 3.84. The number of carboxylic acid groups (broad SMARTS) is 1. The Morgan fingerprint density at radius 1 is 1.47 bits per heavy atom. The van der Waals surface area contributed by atoms with E-state index in [0.29, 0.717) is 19.0 Å². The van der Waals surface area contributed by atoms with Crippen molar-refractivity contribution in [2.45, 2.75) is 6.10 Å². The van der Waals surface area contributed by atoms with Crippen LogP contribution in [-0.2, 0) is 4.74 Å². The molecule has 1 aliphatic rings. The smallest absolute Gasteiger partial charge is 0.335 e. The van der Waals surface area contributed by atoms with E-state index < -0.39 is 5.97 Å². The van der Waals surface area contributed by atoms with E-state index in [1.165, 1.54) is 12.1 Å². The number of aromatic carboxylic acids is 1. The first-order valence-electron chi connectivity index (χ1n) is 5.54. The Balaban J connectivity index is 1.84. The summed E-state index contributed by atoms with van der Waals surface area (Å²) in [5.41, 5.74) is 0.257. The summed E-state index contributed by atoms with van der Waals surface area (Å²) in [4.78, 5) is 10.6. The number of benzene rings is 1. The predicted octanol–water partition coefficient (Wildman–Crippen LogP) is 0.752. The largest absolute Gasteiger partial charge is 0.491 e. The van der Waals surface area contributed by atoms with Crippen molar-refractivity contribution in [1.82, 2.24) is 5.32 Å². The van der Waals surface area contributed by atoms with Crippen LogP contribution >= 0.6 is 0 Å². The highest BCUT2D eigenvalue weighted by Crippen LogP contribution is 2.13. The molecule has 5 nitrogen and oxygen atoms in total. The van der Waals surface area contributed by atoms with Gasteiger partial charge < -0.3 is 19.9 Å². The minimum atomic E-state index is -0.934. The van der Waals surface area contributed by atoms with Gasteiger partial charge in [-0.1, -0.05) is 0 Å². The first-order valence-corrected chi connectivity index (χ1v) is 5.54. The van der Waals surface area contributed by atoms with Gasteiger partial charge >= 0.3 is 5.97 Å². The van der Waals surface area contributed by atoms with Gasteiger partial charge in [-0.15, -0.1) is 0 Å². The molecule has 0 amide bonds. The van der Waals surface area contributed by atoms with Crippen LogP contribution in [0.1, 0.15) is 10.4 Å². The van der Waals surface area contributed by atoms with Gasteiger partial charge in [0.2, 0.25) is 0 Å². The number of carboxylic acids is 1. The molecule has 17 heavy (non-hydrogen) atoms. The van der Waals surface area contributed by atoms with Crippen LogP contribution in [0.2, 0.25) is 0 Å². The van der Waals surface area contributed by atoms with Crippen molar-refractivity contribution in [2.24, 2.45) is 0 Å². The van der Waals surface area contributed by atoms with E-state index in [1.807, 2.05) is 0 Å². The van der Waals surface area contributed by atoms with E-state index in [4.69, 9.17) is 14.6 Å². The Bertz CT molecular complexity index is 371. The zero-order chi connectivity index (χ0) is 12.1. The Kier molecular flexibility index (Phi) is 3.95. The lowest BCUT2D eigenvalue weighted by atomic mass is 10.2. The van der Waals surface area contributed by atoms with Gasteiger partial charge in [-0.3, -0.25) is 0 Å². The normalized spacial score (nSPS) is 19.9. The molecule has 0 radical (unpaired) electrons. The third kappa shape index (κ3) is 3.44. The molecule has 0 spiro atoms. The lowest BCUT2D eigenvalue weighted by Gasteiger charge is -2.23. The summed E-state index contributed by atoms with van der Waals surface area (Å²) in [5, 5.41) is 12.0. The van der Waals surface area contributed by atoms with Gasteiger partial charge in [-0.05, 0) is 24.3 Å². The molecule has 1 atom stereocenters. The standard InChI is InChI=1S/C12H15NO4/c14-12(15)9-1-3-10(4-2-9)17-8-11-7-13-5-6-16-11/h1-4,11,13H,5-8H2,(H,14,15). The van der Waals surface area contributed by atoms with Gasteiger partial charge in [0.15, 0.2) is 0 Å². The van der Waals surface area contributed by atoms with E-state index in [9.17, 15) is 4.79 Å². The topological polar surface area (TPSA) is 67.8 Å². The highest BCUT2D eigenvalue weighted by atomic mass is 16.5. The average molecular weight is 237 g/mol. The molecular formula is C12H15NO4. The zero-order valence-corrected chi connectivity index (χ0v) is 9.39. The van der Waals surface area contributed by atoms with Crippen LogP contribution in [0.15, 0.2) is 24.3 Å². The molecule has 0 bridgehead atoms. The maximum atomic E-state index is 10.6. The maximum absolute atomic E-state index is 10.6. The SMILES string of the molecule is O=C(O)c1ccc(OCC2CNCCO2)cc1. The fourth-order valence-electron chi connectivity index (χ4n) is 1.61. The van der Waals surface area contributed by atoms with Crippen molar-refractivity contribution in [2.75, 3.05) is 26.3 Å². The molecule has 1 unspecified atom stereocenters. The summed E-state index contributed by atoms with van der Waals surface area (Å²) < 4.78 is 11.0. The Hall–Kier alpha value is -1.59. The molecule has 5 heteroatoms. The molecule has 1 heterocycles. The number of ether oxygens (including phenoxy) is 2. The second-order valence-corrected chi connectivity index (χ2v) is 3.84. The highest BCUT2D eigenvalue weighted by molar-refractivity contribution is 5.87. The van der Waals surface area contributed by atoms with Gasteiger partial charge in [-0.25, -0.2) is 4.79 Å². The van der Waals surface area contributed by atoms with Crippen LogP contribution < -0.4 is 10.1 Å². The van der Waals surface area contributed by atoms with E-state index in [0.717, 1.165) is 13.1 Å². The second kappa shape index (κ2) is 5.65. The lowest BCUT2D eigenvalue weighted by molar-refractivity contribution is 0.000187. The molecule has 0 aliphatic carbocycles. The Morgan fingerprint density at radius 2 is 2.24 bits per heavy atom. The van der Waals surface area contributed by atoms with Crippen molar-refractivity contribution < 1.29 is 19.4 Å². The van der Waals surface area contributed by atoms with E-state index in [1.54, 1.807) is 12.1 Å². The van der Waals surface area contributed by atoms with Crippen molar-refractivity contribution in [3.63, 3.8) is 0 Å². The van der Waals surface area contributed by atoms with Crippen molar-refractivity contribution >= 4 is 5.97 Å². The average Bonchev–Trinajstić information content (AvgIpc) is 2.38. The molecule has 0 saturated carbocycles. The zero-order valence-electron chi connectivity index (χ0n) is 9.39. The number of rotatable bonds is 4. The monoisotopic (exact) mass is 237 g/mol. The molecule has 1 fully saturated rings. The van der Waals surface area contributed by atoms with Crippen molar-refractivity contribution in [3.8, 4) is 5.75 Å². The number of hydrogen-bond acceptors (Lipinski definition) is 4. The fraction of sp³-hybridized carbons (Fsp3) is 0.417. The minimum Gasteiger partial charge on any atom is -0.491 e. The summed E-state index contributed by atoms with van der Waals surface area (Å²) >= 11 is 0. The van der Waals surface area contributed by atoms with E-state index in [-0.39, 0.29) is 11.7 Å². The van der Waals surface area contributed by atoms with E-state index in [2.05, 4.69) is 5.32 Å². The molecule has 92 valence electrons. The van der Waals surface area contributed by atoms with Gasteiger partial charge in [0, 0.05) is 13.1 Å². The number of morpholine rings is 1. The first-order chi connectivity index (χ1) is 8.25. The molecule has 2 N–H and O–H groups in total. The van der Waals surface area contributed by atoms with Crippen LogP contribution in [0.5, 0.6) is 5.75 Å². The quantitative estimate of drug-likeness (QED) is 0.809. The third-order valence-electron chi connectivity index (χ3n) is 2.54. The minimum absolute atomic E-state index is 0.0582. The van der Waals surface area contributed by atoms with Crippen molar-refractivity contribution in [1.29, 1.82) is 0 Å². The summed E-state index contributed by atoms with van der Waals surface area (Å²) in [7, 11) is 0. The maximum Gasteiger partial charge on any atom is 0.335 e. The van der Waals surface area contributed by atoms with Crippen LogP contribution in [0.25, 0.3) is 0 Å². The molecular weight excluding hydrogens is 222 g/mol. The predicted molar refractivity (Wildman–Crippen MR) is 61.5 cm³/mol. The van der Waals surface area contributed by atoms with Crippen LogP contribution in [-0.4, -0.2) is 43.5 Å². The Labute approximate surface area is 99.3 Å². The van der Waals surface area contributed by atoms with Gasteiger partial charge in [0.25, 0.3) is 0 Å². The first kappa shape index (κ1) is 11.9. The molecule has 1 aliphatic heterocycles. The molecule has 1 saturated heterocycles. The van der Waals surface area contributed by atoms with Gasteiger partial charge in [0.05, 0.1) is 12.2 Å². The summed E-state index contributed by atoms with van der Waals surface area (Å²) in [6.07, 6.45) is 0.0582. The molecule has 1 aromatic rings. The number of nitrogens with one attached hydrogen (secondary N) is 1. The summed E-state index contributed by atoms with van der Waals surface area (Å²) in [6, 6.07) is 6.36. The van der Waals surface area contributed by atoms with E-state index >= 15 is 0 Å². The highest BCUT2D eigenvalue weighted by Gasteiger charge is 2.13. The molecule has 0 aromatic heterocycles. The fourth-order valence-corrected chi connectivity index (χ4v) is 1.61. The third-order valence-corrected chi connectivity index (χ3v) is 2.54. The van der Waals surface area contributed by atoms with Gasteiger partial charge in [0.1, 0.15) is 18.5 Å². The summed E-state index contributed by atoms with van der Waals surface area (Å²) in [6.45, 7) is 2.84. The number of hydrogen-bond donors (Lipinski definition) is 2. The molecule has 1 aromatic carbocycles. The van der Waals surface area contributed by atoms with Crippen LogP contribution in [0.3, 0.4) is 0 Å². The van der Waals surface area contributed by atoms with Crippen LogP contribution in [0, 0.1) is 0 Å². The van der Waals surface area contributed by atoms with Crippen LogP contribution in [0.4, 0.5) is 0 Å². The Morgan fingerprint density at radius 3 is 2.82 bits per heavy atom. The number of carbonyl (C=O) groups is 1.